The monoisotopic (exact) mass is 420 g/mol. The summed E-state index contributed by atoms with van der Waals surface area (Å²) >= 11 is 0. The standard InChI is InChI=1S/C23H24N4O4/c1-16-6-4-7-17(12-16)14-25-15-24-21-20(25)22(28)26(10-11-30-2)23(29)27(21)18-8-5-9-19(13-18)31-3/h4-9,12-13,15H,10-11,14H2,1-3H3. The summed E-state index contributed by atoms with van der Waals surface area (Å²) in [7, 11) is 3.10. The fourth-order valence-corrected chi connectivity index (χ4v) is 3.67. The van der Waals surface area contributed by atoms with E-state index in [1.54, 1.807) is 42.3 Å². The van der Waals surface area contributed by atoms with Crippen molar-refractivity contribution in [2.24, 2.45) is 0 Å². The van der Waals surface area contributed by atoms with Crippen molar-refractivity contribution in [2.75, 3.05) is 20.8 Å². The Bertz CT molecular complexity index is 1350. The zero-order chi connectivity index (χ0) is 22.0. The molecule has 2 aromatic carbocycles. The average molecular weight is 420 g/mol. The lowest BCUT2D eigenvalue weighted by Gasteiger charge is -2.13. The van der Waals surface area contributed by atoms with Gasteiger partial charge in [0.15, 0.2) is 11.2 Å². The minimum absolute atomic E-state index is 0.143. The molecule has 0 atom stereocenters. The maximum atomic E-state index is 13.3. The predicted octanol–water partition coefficient (Wildman–Crippen LogP) is 2.36. The van der Waals surface area contributed by atoms with Gasteiger partial charge in [0.2, 0.25) is 0 Å². The van der Waals surface area contributed by atoms with Crippen LogP contribution in [0.1, 0.15) is 11.1 Å². The summed E-state index contributed by atoms with van der Waals surface area (Å²) in [6, 6.07) is 15.2. The van der Waals surface area contributed by atoms with Gasteiger partial charge in [-0.15, -0.1) is 0 Å². The minimum Gasteiger partial charge on any atom is -0.497 e. The third kappa shape index (κ3) is 3.89. The Morgan fingerprint density at radius 3 is 2.58 bits per heavy atom. The summed E-state index contributed by atoms with van der Waals surface area (Å²) in [5.74, 6) is 0.603. The molecule has 0 bridgehead atoms. The van der Waals surface area contributed by atoms with Crippen LogP contribution in [0.3, 0.4) is 0 Å². The highest BCUT2D eigenvalue weighted by Gasteiger charge is 2.19. The van der Waals surface area contributed by atoms with Gasteiger partial charge in [-0.05, 0) is 24.6 Å². The Kier molecular flexibility index (Phi) is 5.73. The number of aryl methyl sites for hydroxylation is 1. The van der Waals surface area contributed by atoms with Crippen molar-refractivity contribution in [1.29, 1.82) is 0 Å². The van der Waals surface area contributed by atoms with E-state index in [0.717, 1.165) is 11.1 Å². The molecule has 0 aliphatic carbocycles. The van der Waals surface area contributed by atoms with Gasteiger partial charge in [-0.3, -0.25) is 9.36 Å². The molecule has 2 heterocycles. The lowest BCUT2D eigenvalue weighted by molar-refractivity contribution is 0.184. The Labute approximate surface area is 178 Å². The average Bonchev–Trinajstić information content (AvgIpc) is 3.17. The van der Waals surface area contributed by atoms with Crippen molar-refractivity contribution in [3.63, 3.8) is 0 Å². The molecule has 0 spiro atoms. The van der Waals surface area contributed by atoms with Crippen molar-refractivity contribution >= 4 is 11.2 Å². The van der Waals surface area contributed by atoms with Crippen LogP contribution < -0.4 is 16.0 Å². The van der Waals surface area contributed by atoms with E-state index >= 15 is 0 Å². The molecule has 0 fully saturated rings. The first kappa shape index (κ1) is 20.6. The molecular formula is C23H24N4O4. The summed E-state index contributed by atoms with van der Waals surface area (Å²) < 4.78 is 14.9. The van der Waals surface area contributed by atoms with Gasteiger partial charge in [0.25, 0.3) is 5.56 Å². The van der Waals surface area contributed by atoms with Crippen LogP contribution in [-0.4, -0.2) is 39.5 Å². The molecule has 31 heavy (non-hydrogen) atoms. The molecule has 8 heteroatoms. The normalized spacial score (nSPS) is 11.2. The second kappa shape index (κ2) is 8.61. The molecule has 2 aromatic heterocycles. The lowest BCUT2D eigenvalue weighted by atomic mass is 10.1. The molecule has 0 N–H and O–H groups in total. The highest BCUT2D eigenvalue weighted by molar-refractivity contribution is 5.72. The zero-order valence-electron chi connectivity index (χ0n) is 17.7. The Morgan fingerprint density at radius 1 is 1.03 bits per heavy atom. The molecule has 0 radical (unpaired) electrons. The van der Waals surface area contributed by atoms with Gasteiger partial charge < -0.3 is 14.0 Å². The second-order valence-corrected chi connectivity index (χ2v) is 7.30. The number of methoxy groups -OCH3 is 2. The van der Waals surface area contributed by atoms with E-state index in [1.807, 2.05) is 25.1 Å². The number of hydrogen-bond acceptors (Lipinski definition) is 5. The Morgan fingerprint density at radius 2 is 1.84 bits per heavy atom. The van der Waals surface area contributed by atoms with Crippen molar-refractivity contribution in [2.45, 2.75) is 20.0 Å². The van der Waals surface area contributed by atoms with Crippen molar-refractivity contribution in [1.82, 2.24) is 18.7 Å². The number of imidazole rings is 1. The number of hydrogen-bond donors (Lipinski definition) is 0. The lowest BCUT2D eigenvalue weighted by Crippen LogP contribution is -2.41. The van der Waals surface area contributed by atoms with Crippen LogP contribution >= 0.6 is 0 Å². The van der Waals surface area contributed by atoms with Gasteiger partial charge in [0, 0.05) is 19.7 Å². The first-order valence-corrected chi connectivity index (χ1v) is 9.93. The van der Waals surface area contributed by atoms with Crippen LogP contribution in [0, 0.1) is 6.92 Å². The molecule has 0 unspecified atom stereocenters. The Balaban J connectivity index is 1.97. The maximum Gasteiger partial charge on any atom is 0.337 e. The van der Waals surface area contributed by atoms with Crippen LogP contribution in [0.2, 0.25) is 0 Å². The fourth-order valence-electron chi connectivity index (χ4n) is 3.67. The van der Waals surface area contributed by atoms with Gasteiger partial charge in [-0.2, -0.15) is 0 Å². The topological polar surface area (TPSA) is 80.3 Å². The third-order valence-corrected chi connectivity index (χ3v) is 5.17. The highest BCUT2D eigenvalue weighted by atomic mass is 16.5. The van der Waals surface area contributed by atoms with Gasteiger partial charge in [0.05, 0.1) is 32.3 Å². The van der Waals surface area contributed by atoms with Gasteiger partial charge in [-0.1, -0.05) is 35.9 Å². The van der Waals surface area contributed by atoms with E-state index in [0.29, 0.717) is 29.1 Å². The SMILES string of the molecule is COCCn1c(=O)c2c(ncn2Cc2cccc(C)c2)n(-c2cccc(OC)c2)c1=O. The van der Waals surface area contributed by atoms with Crippen molar-refractivity contribution in [3.8, 4) is 11.4 Å². The summed E-state index contributed by atoms with van der Waals surface area (Å²) in [5.41, 5.74) is 2.56. The number of rotatable bonds is 7. The van der Waals surface area contributed by atoms with Crippen LogP contribution in [0.5, 0.6) is 5.75 Å². The van der Waals surface area contributed by atoms with Crippen LogP contribution in [0.15, 0.2) is 64.4 Å². The molecule has 8 nitrogen and oxygen atoms in total. The molecule has 0 saturated carbocycles. The highest BCUT2D eigenvalue weighted by Crippen LogP contribution is 2.19. The van der Waals surface area contributed by atoms with Crippen LogP contribution in [0.4, 0.5) is 0 Å². The van der Waals surface area contributed by atoms with E-state index in [1.165, 1.54) is 16.2 Å². The molecule has 160 valence electrons. The summed E-state index contributed by atoms with van der Waals surface area (Å²) in [4.78, 5) is 31.1. The predicted molar refractivity (Wildman–Crippen MR) is 118 cm³/mol. The summed E-state index contributed by atoms with van der Waals surface area (Å²) in [6.45, 7) is 2.87. The molecular weight excluding hydrogens is 396 g/mol. The van der Waals surface area contributed by atoms with E-state index in [2.05, 4.69) is 11.1 Å². The summed E-state index contributed by atoms with van der Waals surface area (Å²) in [6.07, 6.45) is 1.60. The summed E-state index contributed by atoms with van der Waals surface area (Å²) in [5, 5.41) is 0. The third-order valence-electron chi connectivity index (χ3n) is 5.17. The number of benzene rings is 2. The molecule has 4 rings (SSSR count). The molecule has 0 aliphatic heterocycles. The smallest absolute Gasteiger partial charge is 0.337 e. The van der Waals surface area contributed by atoms with Gasteiger partial charge in [0.1, 0.15) is 5.75 Å². The molecule has 4 aromatic rings. The van der Waals surface area contributed by atoms with Gasteiger partial charge >= 0.3 is 5.69 Å². The Hall–Kier alpha value is -3.65. The molecule has 0 amide bonds. The minimum atomic E-state index is -0.469. The number of aromatic nitrogens is 4. The zero-order valence-corrected chi connectivity index (χ0v) is 17.7. The van der Waals surface area contributed by atoms with Crippen molar-refractivity contribution < 1.29 is 9.47 Å². The number of nitrogens with zero attached hydrogens (tertiary/aromatic N) is 4. The first-order valence-electron chi connectivity index (χ1n) is 9.93. The van der Waals surface area contributed by atoms with Crippen molar-refractivity contribution in [3.05, 3.63) is 86.8 Å². The number of fused-ring (bicyclic) bond motifs is 1. The first-order chi connectivity index (χ1) is 15.0. The largest absolute Gasteiger partial charge is 0.497 e. The fraction of sp³-hybridized carbons (Fsp3) is 0.261. The van der Waals surface area contributed by atoms with Crippen LogP contribution in [-0.2, 0) is 17.8 Å². The van der Waals surface area contributed by atoms with Gasteiger partial charge in [-0.25, -0.2) is 14.3 Å². The molecule has 0 saturated heterocycles. The van der Waals surface area contributed by atoms with E-state index in [4.69, 9.17) is 9.47 Å². The number of ether oxygens (including phenoxy) is 2. The van der Waals surface area contributed by atoms with E-state index in [-0.39, 0.29) is 18.7 Å². The quantitative estimate of drug-likeness (QED) is 0.459. The van der Waals surface area contributed by atoms with E-state index < -0.39 is 5.69 Å². The second-order valence-electron chi connectivity index (χ2n) is 7.30. The molecule has 0 aliphatic rings. The van der Waals surface area contributed by atoms with E-state index in [9.17, 15) is 9.59 Å². The maximum absolute atomic E-state index is 13.3. The van der Waals surface area contributed by atoms with Crippen LogP contribution in [0.25, 0.3) is 16.9 Å².